The van der Waals surface area contributed by atoms with E-state index in [1.54, 1.807) is 0 Å². The lowest BCUT2D eigenvalue weighted by Gasteiger charge is -2.45. The van der Waals surface area contributed by atoms with Crippen molar-refractivity contribution in [2.75, 3.05) is 59.0 Å². The number of amides is 2. The number of carbonyl (C=O) groups excluding carboxylic acids is 2. The Hall–Kier alpha value is -0.600. The molecule has 2 N–H and O–H groups in total. The van der Waals surface area contributed by atoms with Gasteiger partial charge in [-0.2, -0.15) is 0 Å². The van der Waals surface area contributed by atoms with E-state index < -0.39 is 0 Å². The Morgan fingerprint density at radius 3 is 2.03 bits per heavy atom. The third-order valence-electron chi connectivity index (χ3n) is 7.17. The van der Waals surface area contributed by atoms with Crippen molar-refractivity contribution in [3.05, 3.63) is 0 Å². The minimum Gasteiger partial charge on any atom is -0.378 e. The molecule has 2 unspecified atom stereocenters. The Bertz CT molecular complexity index is 540. The molecule has 2 saturated heterocycles. The summed E-state index contributed by atoms with van der Waals surface area (Å²) in [4.78, 5) is 31.6. The lowest BCUT2D eigenvalue weighted by molar-refractivity contribution is -0.141. The Morgan fingerprint density at radius 1 is 0.862 bits per heavy atom. The molecule has 2 aliphatic carbocycles. The van der Waals surface area contributed by atoms with Crippen molar-refractivity contribution in [3.8, 4) is 0 Å². The highest BCUT2D eigenvalue weighted by Crippen LogP contribution is 2.42. The van der Waals surface area contributed by atoms with E-state index in [-0.39, 0.29) is 36.6 Å². The predicted octanol–water partition coefficient (Wildman–Crippen LogP) is 0.987. The van der Waals surface area contributed by atoms with E-state index in [1.165, 1.54) is 19.3 Å². The van der Waals surface area contributed by atoms with Gasteiger partial charge in [-0.25, -0.2) is 0 Å². The monoisotopic (exact) mass is 450 g/mol. The molecule has 0 aromatic rings. The normalized spacial score (nSPS) is 32.7. The van der Waals surface area contributed by atoms with Gasteiger partial charge in [0.05, 0.1) is 19.8 Å². The highest BCUT2D eigenvalue weighted by Gasteiger charge is 2.42. The third-order valence-corrected chi connectivity index (χ3v) is 7.17. The number of piperazine rings is 1. The van der Waals surface area contributed by atoms with E-state index in [0.29, 0.717) is 56.6 Å². The second-order valence-corrected chi connectivity index (χ2v) is 8.79. The van der Waals surface area contributed by atoms with E-state index in [1.807, 2.05) is 9.80 Å². The quantitative estimate of drug-likeness (QED) is 0.693. The minimum absolute atomic E-state index is 0. The summed E-state index contributed by atoms with van der Waals surface area (Å²) in [7, 11) is 0. The highest BCUT2D eigenvalue weighted by molar-refractivity contribution is 5.85. The molecule has 7 nitrogen and oxygen atoms in total. The fourth-order valence-corrected chi connectivity index (χ4v) is 5.48. The molecule has 4 aliphatic rings. The van der Waals surface area contributed by atoms with Crippen LogP contribution in [0.2, 0.25) is 0 Å². The SMILES string of the molecule is Cl.Cl.NC1C2CCCC1CC(C(=O)N1CCN(CC(=O)N3CCOCC3)CC1)C2. The summed E-state index contributed by atoms with van der Waals surface area (Å²) in [6, 6.07) is 0.311. The maximum Gasteiger partial charge on any atom is 0.236 e. The molecule has 2 saturated carbocycles. The van der Waals surface area contributed by atoms with Crippen LogP contribution in [0, 0.1) is 17.8 Å². The molecule has 9 heteroatoms. The lowest BCUT2D eigenvalue weighted by atomic mass is 9.65. The summed E-state index contributed by atoms with van der Waals surface area (Å²) in [5.41, 5.74) is 6.38. The molecule has 4 fully saturated rings. The molecule has 168 valence electrons. The fraction of sp³-hybridized carbons (Fsp3) is 0.900. The van der Waals surface area contributed by atoms with Crippen molar-refractivity contribution in [1.29, 1.82) is 0 Å². The Balaban J connectivity index is 0.00000150. The molecule has 0 aromatic heterocycles. The number of morpholine rings is 1. The van der Waals surface area contributed by atoms with Gasteiger partial charge in [0.1, 0.15) is 0 Å². The number of fused-ring (bicyclic) bond motifs is 2. The van der Waals surface area contributed by atoms with Crippen molar-refractivity contribution < 1.29 is 14.3 Å². The van der Waals surface area contributed by atoms with Crippen molar-refractivity contribution >= 4 is 36.6 Å². The van der Waals surface area contributed by atoms with E-state index in [9.17, 15) is 9.59 Å². The first-order valence-electron chi connectivity index (χ1n) is 10.7. The van der Waals surface area contributed by atoms with Gasteiger partial charge in [-0.15, -0.1) is 24.8 Å². The Kier molecular flexibility index (Phi) is 9.48. The van der Waals surface area contributed by atoms with Crippen LogP contribution in [0.3, 0.4) is 0 Å². The number of ether oxygens (including phenoxy) is 1. The molecule has 29 heavy (non-hydrogen) atoms. The first kappa shape index (κ1) is 24.7. The second-order valence-electron chi connectivity index (χ2n) is 8.79. The second kappa shape index (κ2) is 11.1. The molecular formula is C20H36Cl2N4O3. The summed E-state index contributed by atoms with van der Waals surface area (Å²) < 4.78 is 5.31. The summed E-state index contributed by atoms with van der Waals surface area (Å²) in [5, 5.41) is 0. The van der Waals surface area contributed by atoms with Gasteiger partial charge < -0.3 is 20.3 Å². The first-order valence-corrected chi connectivity index (χ1v) is 10.7. The number of nitrogens with zero attached hydrogens (tertiary/aromatic N) is 3. The molecule has 4 rings (SSSR count). The lowest BCUT2D eigenvalue weighted by Crippen LogP contribution is -2.55. The summed E-state index contributed by atoms with van der Waals surface area (Å²) in [6.07, 6.45) is 5.62. The highest BCUT2D eigenvalue weighted by atomic mass is 35.5. The van der Waals surface area contributed by atoms with Gasteiger partial charge in [-0.05, 0) is 37.5 Å². The van der Waals surface area contributed by atoms with Gasteiger partial charge in [-0.1, -0.05) is 6.42 Å². The topological polar surface area (TPSA) is 79.1 Å². The van der Waals surface area contributed by atoms with Crippen molar-refractivity contribution in [1.82, 2.24) is 14.7 Å². The molecule has 0 radical (unpaired) electrons. The van der Waals surface area contributed by atoms with Gasteiger partial charge in [0.25, 0.3) is 0 Å². The van der Waals surface area contributed by atoms with Crippen LogP contribution in [-0.2, 0) is 14.3 Å². The maximum absolute atomic E-state index is 13.0. The van der Waals surface area contributed by atoms with Crippen LogP contribution in [0.25, 0.3) is 0 Å². The van der Waals surface area contributed by atoms with Gasteiger partial charge in [0.15, 0.2) is 0 Å². The van der Waals surface area contributed by atoms with E-state index >= 15 is 0 Å². The average Bonchev–Trinajstić information content (AvgIpc) is 2.68. The van der Waals surface area contributed by atoms with Crippen LogP contribution in [0.1, 0.15) is 32.1 Å². The molecule has 2 amide bonds. The molecule has 2 heterocycles. The zero-order valence-corrected chi connectivity index (χ0v) is 18.8. The van der Waals surface area contributed by atoms with E-state index in [2.05, 4.69) is 4.90 Å². The van der Waals surface area contributed by atoms with Crippen molar-refractivity contribution in [2.24, 2.45) is 23.5 Å². The predicted molar refractivity (Wildman–Crippen MR) is 116 cm³/mol. The average molecular weight is 451 g/mol. The summed E-state index contributed by atoms with van der Waals surface area (Å²) in [5.74, 6) is 1.77. The number of rotatable bonds is 3. The maximum atomic E-state index is 13.0. The van der Waals surface area contributed by atoms with Gasteiger partial charge >= 0.3 is 0 Å². The molecule has 2 aliphatic heterocycles. The van der Waals surface area contributed by atoms with Gasteiger partial charge in [-0.3, -0.25) is 14.5 Å². The number of hydrogen-bond donors (Lipinski definition) is 1. The minimum atomic E-state index is 0. The smallest absolute Gasteiger partial charge is 0.236 e. The summed E-state index contributed by atoms with van der Waals surface area (Å²) >= 11 is 0. The van der Waals surface area contributed by atoms with E-state index in [0.717, 1.165) is 39.0 Å². The standard InChI is InChI=1S/C20H34N4O3.2ClH/c21-19-15-2-1-3-16(19)13-17(12-15)20(26)24-6-4-22(5-7-24)14-18(25)23-8-10-27-11-9-23;;/h15-17,19H,1-14,21H2;2*1H. The number of nitrogens with two attached hydrogens (primary N) is 1. The molecule has 2 atom stereocenters. The van der Waals surface area contributed by atoms with E-state index in [4.69, 9.17) is 10.5 Å². The van der Waals surface area contributed by atoms with Crippen LogP contribution < -0.4 is 5.73 Å². The van der Waals surface area contributed by atoms with Gasteiger partial charge in [0, 0.05) is 51.2 Å². The number of hydrogen-bond acceptors (Lipinski definition) is 5. The van der Waals surface area contributed by atoms with Gasteiger partial charge in [0.2, 0.25) is 11.8 Å². The fourth-order valence-electron chi connectivity index (χ4n) is 5.48. The van der Waals surface area contributed by atoms with Crippen LogP contribution in [0.5, 0.6) is 0 Å². The van der Waals surface area contributed by atoms with Crippen LogP contribution in [-0.4, -0.2) is 91.6 Å². The molecular weight excluding hydrogens is 415 g/mol. The molecule has 2 bridgehead atoms. The number of carbonyl (C=O) groups is 2. The van der Waals surface area contributed by atoms with Crippen molar-refractivity contribution in [3.63, 3.8) is 0 Å². The van der Waals surface area contributed by atoms with Crippen LogP contribution in [0.4, 0.5) is 0 Å². The third kappa shape index (κ3) is 5.76. The van der Waals surface area contributed by atoms with Crippen LogP contribution in [0.15, 0.2) is 0 Å². The zero-order valence-electron chi connectivity index (χ0n) is 17.2. The zero-order chi connectivity index (χ0) is 18.8. The first-order chi connectivity index (χ1) is 13.1. The van der Waals surface area contributed by atoms with Crippen LogP contribution >= 0.6 is 24.8 Å². The Labute approximate surface area is 186 Å². The largest absolute Gasteiger partial charge is 0.378 e. The van der Waals surface area contributed by atoms with Crippen molar-refractivity contribution in [2.45, 2.75) is 38.1 Å². The molecule has 0 aromatic carbocycles. The number of halogens is 2. The molecule has 0 spiro atoms. The summed E-state index contributed by atoms with van der Waals surface area (Å²) in [6.45, 7) is 6.21. The Morgan fingerprint density at radius 2 is 1.45 bits per heavy atom.